The normalized spacial score (nSPS) is 15.0. The summed E-state index contributed by atoms with van der Waals surface area (Å²) in [5.41, 5.74) is 3.45. The fourth-order valence-corrected chi connectivity index (χ4v) is 3.93. The van der Waals surface area contributed by atoms with Crippen LogP contribution in [0.5, 0.6) is 0 Å². The number of nitrogens with zero attached hydrogens (tertiary/aromatic N) is 1. The topological polar surface area (TPSA) is 94.9 Å². The number of rotatable bonds is 5. The Hall–Kier alpha value is -2.64. The fourth-order valence-electron chi connectivity index (χ4n) is 2.69. The third-order valence-corrected chi connectivity index (χ3v) is 5.18. The first-order valence-electron chi connectivity index (χ1n) is 8.37. The molecule has 1 heterocycles. The summed E-state index contributed by atoms with van der Waals surface area (Å²) in [6, 6.07) is 18.5. The Balaban J connectivity index is 0.000000380. The summed E-state index contributed by atoms with van der Waals surface area (Å²) in [7, 11) is 2.13. The smallest absolute Gasteiger partial charge is 0.414 e. The molecule has 0 saturated carbocycles. The average Bonchev–Trinajstić information content (AvgIpc) is 2.97. The predicted molar refractivity (Wildman–Crippen MR) is 104 cm³/mol. The van der Waals surface area contributed by atoms with Crippen LogP contribution in [-0.2, 0) is 16.0 Å². The Labute approximate surface area is 161 Å². The molecule has 2 N–H and O–H groups in total. The van der Waals surface area contributed by atoms with E-state index in [0.717, 1.165) is 25.1 Å². The second-order valence-corrected chi connectivity index (χ2v) is 7.26. The zero-order valence-electron chi connectivity index (χ0n) is 14.9. The summed E-state index contributed by atoms with van der Waals surface area (Å²) in [5, 5.41) is 15.3. The first-order chi connectivity index (χ1) is 12.9. The molecule has 2 aromatic carbocycles. The van der Waals surface area contributed by atoms with Crippen molar-refractivity contribution in [3.8, 4) is 0 Å². The van der Waals surface area contributed by atoms with Gasteiger partial charge >= 0.3 is 11.9 Å². The van der Waals surface area contributed by atoms with Crippen LogP contribution in [0.15, 0.2) is 54.6 Å². The second kappa shape index (κ2) is 9.89. The summed E-state index contributed by atoms with van der Waals surface area (Å²) in [4.78, 5) is 32.5. The van der Waals surface area contributed by atoms with Gasteiger partial charge in [-0.1, -0.05) is 66.4 Å². The summed E-state index contributed by atoms with van der Waals surface area (Å²) in [6.07, 6.45) is 1.05. The van der Waals surface area contributed by atoms with Crippen LogP contribution in [0.25, 0.3) is 0 Å². The molecule has 3 rings (SSSR count). The van der Waals surface area contributed by atoms with Gasteiger partial charge in [0.05, 0.1) is 5.25 Å². The molecule has 142 valence electrons. The molecular formula is C20H21NO5S. The van der Waals surface area contributed by atoms with Crippen molar-refractivity contribution >= 4 is 28.8 Å². The second-order valence-electron chi connectivity index (χ2n) is 6.09. The van der Waals surface area contributed by atoms with Crippen molar-refractivity contribution in [2.45, 2.75) is 11.7 Å². The molecule has 1 unspecified atom stereocenters. The Morgan fingerprint density at radius 2 is 1.59 bits per heavy atom. The Bertz CT molecular complexity index is 797. The molecule has 6 nitrogen and oxygen atoms in total. The molecular weight excluding hydrogens is 366 g/mol. The van der Waals surface area contributed by atoms with E-state index in [1.165, 1.54) is 22.9 Å². The minimum Gasteiger partial charge on any atom is -0.473 e. The molecule has 1 aliphatic rings. The van der Waals surface area contributed by atoms with Gasteiger partial charge in [-0.3, -0.25) is 4.79 Å². The maximum Gasteiger partial charge on any atom is 0.414 e. The first kappa shape index (κ1) is 20.7. The van der Waals surface area contributed by atoms with Crippen molar-refractivity contribution in [1.82, 2.24) is 4.90 Å². The van der Waals surface area contributed by atoms with Gasteiger partial charge in [0, 0.05) is 18.7 Å². The minimum absolute atomic E-state index is 0.215. The molecule has 0 aliphatic carbocycles. The zero-order chi connectivity index (χ0) is 19.8. The molecule has 0 radical (unpaired) electrons. The molecule has 0 aromatic heterocycles. The van der Waals surface area contributed by atoms with Crippen molar-refractivity contribution in [2.24, 2.45) is 0 Å². The highest BCUT2D eigenvalue weighted by molar-refractivity contribution is 8.14. The van der Waals surface area contributed by atoms with Gasteiger partial charge < -0.3 is 15.1 Å². The number of hydrogen-bond acceptors (Lipinski definition) is 5. The average molecular weight is 387 g/mol. The molecule has 0 fully saturated rings. The maximum atomic E-state index is 12.0. The number of aliphatic carboxylic acids is 2. The lowest BCUT2D eigenvalue weighted by Crippen LogP contribution is -2.25. The predicted octanol–water partition coefficient (Wildman–Crippen LogP) is 2.94. The molecule has 1 atom stereocenters. The van der Waals surface area contributed by atoms with Crippen LogP contribution in [0.1, 0.15) is 26.7 Å². The van der Waals surface area contributed by atoms with E-state index in [0.29, 0.717) is 0 Å². The van der Waals surface area contributed by atoms with Gasteiger partial charge in [0.2, 0.25) is 5.12 Å². The lowest BCUT2D eigenvalue weighted by molar-refractivity contribution is -0.159. The quantitative estimate of drug-likeness (QED) is 0.762. The monoisotopic (exact) mass is 387 g/mol. The highest BCUT2D eigenvalue weighted by Crippen LogP contribution is 2.41. The van der Waals surface area contributed by atoms with Gasteiger partial charge in [0.15, 0.2) is 0 Å². The molecule has 0 spiro atoms. The number of hydrogen-bond donors (Lipinski definition) is 2. The van der Waals surface area contributed by atoms with Crippen molar-refractivity contribution in [2.75, 3.05) is 20.1 Å². The molecule has 0 bridgehead atoms. The maximum absolute atomic E-state index is 12.0. The molecule has 7 heteroatoms. The number of carbonyl (C=O) groups is 3. The first-order valence-corrected chi connectivity index (χ1v) is 9.25. The molecule has 1 aliphatic heterocycles. The number of benzene rings is 2. The van der Waals surface area contributed by atoms with Gasteiger partial charge in [-0.05, 0) is 24.6 Å². The van der Waals surface area contributed by atoms with E-state index in [2.05, 4.69) is 42.3 Å². The SMILES string of the molecule is CN(CCc1ccccc1)CC1SC(=O)c2ccccc21.O=C(O)C(=O)O. The third-order valence-electron chi connectivity index (χ3n) is 4.06. The number of fused-ring (bicyclic) bond motifs is 1. The summed E-state index contributed by atoms with van der Waals surface area (Å²) >= 11 is 1.46. The summed E-state index contributed by atoms with van der Waals surface area (Å²) in [6.45, 7) is 1.93. The largest absolute Gasteiger partial charge is 0.473 e. The molecule has 0 amide bonds. The van der Waals surface area contributed by atoms with Crippen LogP contribution in [-0.4, -0.2) is 52.3 Å². The van der Waals surface area contributed by atoms with Gasteiger partial charge in [0.25, 0.3) is 0 Å². The fraction of sp³-hybridized carbons (Fsp3) is 0.250. The number of thioether (sulfide) groups is 1. The van der Waals surface area contributed by atoms with Gasteiger partial charge in [-0.25, -0.2) is 9.59 Å². The van der Waals surface area contributed by atoms with Gasteiger partial charge in [0.1, 0.15) is 0 Å². The Morgan fingerprint density at radius 1 is 1.00 bits per heavy atom. The van der Waals surface area contributed by atoms with E-state index in [-0.39, 0.29) is 10.4 Å². The zero-order valence-corrected chi connectivity index (χ0v) is 15.7. The van der Waals surface area contributed by atoms with E-state index in [4.69, 9.17) is 19.8 Å². The Kier molecular flexibility index (Phi) is 7.57. The Morgan fingerprint density at radius 3 is 2.22 bits per heavy atom. The van der Waals surface area contributed by atoms with Crippen molar-refractivity contribution in [3.63, 3.8) is 0 Å². The lowest BCUT2D eigenvalue weighted by atomic mass is 10.1. The molecule has 27 heavy (non-hydrogen) atoms. The van der Waals surface area contributed by atoms with E-state index >= 15 is 0 Å². The standard InChI is InChI=1S/C18H19NOS.C2H2O4/c1-19(12-11-14-7-3-2-4-8-14)13-17-15-9-5-6-10-16(15)18(20)21-17;3-1(4)2(5)6/h2-10,17H,11-13H2,1H3;(H,3,4)(H,5,6). The molecule has 0 saturated heterocycles. The van der Waals surface area contributed by atoms with Gasteiger partial charge in [-0.2, -0.15) is 0 Å². The van der Waals surface area contributed by atoms with E-state index in [1.54, 1.807) is 0 Å². The minimum atomic E-state index is -1.82. The van der Waals surface area contributed by atoms with Crippen LogP contribution in [0.2, 0.25) is 0 Å². The van der Waals surface area contributed by atoms with Crippen LogP contribution in [0, 0.1) is 0 Å². The lowest BCUT2D eigenvalue weighted by Gasteiger charge is -2.20. The van der Waals surface area contributed by atoms with E-state index < -0.39 is 11.9 Å². The van der Waals surface area contributed by atoms with Crippen LogP contribution in [0.3, 0.4) is 0 Å². The van der Waals surface area contributed by atoms with Crippen molar-refractivity contribution < 1.29 is 24.6 Å². The molecule has 2 aromatic rings. The highest BCUT2D eigenvalue weighted by atomic mass is 32.2. The van der Waals surface area contributed by atoms with E-state index in [1.807, 2.05) is 24.3 Å². The summed E-state index contributed by atoms with van der Waals surface area (Å²) in [5.74, 6) is -3.65. The van der Waals surface area contributed by atoms with E-state index in [9.17, 15) is 4.79 Å². The van der Waals surface area contributed by atoms with Gasteiger partial charge in [-0.15, -0.1) is 0 Å². The summed E-state index contributed by atoms with van der Waals surface area (Å²) < 4.78 is 0. The van der Waals surface area contributed by atoms with Crippen LogP contribution < -0.4 is 0 Å². The number of carboxylic acids is 2. The number of carboxylic acid groups (broad SMARTS) is 2. The van der Waals surface area contributed by atoms with Crippen LogP contribution in [0.4, 0.5) is 0 Å². The third kappa shape index (κ3) is 6.23. The van der Waals surface area contributed by atoms with Crippen molar-refractivity contribution in [1.29, 1.82) is 0 Å². The number of carbonyl (C=O) groups excluding carboxylic acids is 1. The van der Waals surface area contributed by atoms with Crippen LogP contribution >= 0.6 is 11.8 Å². The highest BCUT2D eigenvalue weighted by Gasteiger charge is 2.30. The number of likely N-dealkylation sites (N-methyl/N-ethyl adjacent to an activating group) is 1. The van der Waals surface area contributed by atoms with Crippen molar-refractivity contribution in [3.05, 3.63) is 71.3 Å².